The summed E-state index contributed by atoms with van der Waals surface area (Å²) < 4.78 is 5.08. The minimum atomic E-state index is -0.980. The van der Waals surface area contributed by atoms with Crippen LogP contribution in [-0.4, -0.2) is 29.5 Å². The van der Waals surface area contributed by atoms with Crippen molar-refractivity contribution in [3.63, 3.8) is 0 Å². The number of anilines is 1. The van der Waals surface area contributed by atoms with E-state index in [-0.39, 0.29) is 24.3 Å². The fourth-order valence-corrected chi connectivity index (χ4v) is 6.28. The van der Waals surface area contributed by atoms with E-state index in [2.05, 4.69) is 0 Å². The molecule has 2 amide bonds. The van der Waals surface area contributed by atoms with Crippen LogP contribution in [0.5, 0.6) is 5.75 Å². The lowest BCUT2D eigenvalue weighted by molar-refractivity contribution is -0.132. The second-order valence-corrected chi connectivity index (χ2v) is 8.88. The average Bonchev–Trinajstić information content (AvgIpc) is 3.10. The van der Waals surface area contributed by atoms with E-state index in [0.29, 0.717) is 11.4 Å². The number of ether oxygens (including phenoxy) is 1. The number of carbonyl (C=O) groups excluding carboxylic acids is 3. The van der Waals surface area contributed by atoms with Crippen LogP contribution in [0.4, 0.5) is 5.69 Å². The molecule has 0 saturated carbocycles. The van der Waals surface area contributed by atoms with Gasteiger partial charge in [0.25, 0.3) is 0 Å². The third-order valence-corrected chi connectivity index (χ3v) is 7.40. The summed E-state index contributed by atoms with van der Waals surface area (Å²) >= 11 is 0. The van der Waals surface area contributed by atoms with Gasteiger partial charge < -0.3 is 9.84 Å². The SMILES string of the molecule is CC(=O)Oc1ccc(N2C(=O)[C@H]3C4c5ccccc5C(CO)(c5ccccc54)[C@H]3C2=O)cc1. The van der Waals surface area contributed by atoms with E-state index in [9.17, 15) is 19.5 Å². The molecule has 33 heavy (non-hydrogen) atoms. The maximum absolute atomic E-state index is 13.9. The molecule has 1 fully saturated rings. The Kier molecular flexibility index (Phi) is 4.13. The molecule has 0 radical (unpaired) electrons. The van der Waals surface area contributed by atoms with Crippen molar-refractivity contribution in [2.24, 2.45) is 11.8 Å². The van der Waals surface area contributed by atoms with Crippen molar-refractivity contribution in [3.05, 3.63) is 95.1 Å². The Labute approximate surface area is 190 Å². The predicted molar refractivity (Wildman–Crippen MR) is 120 cm³/mol. The smallest absolute Gasteiger partial charge is 0.308 e. The largest absolute Gasteiger partial charge is 0.427 e. The molecule has 3 aromatic carbocycles. The van der Waals surface area contributed by atoms with Crippen LogP contribution in [0.15, 0.2) is 72.8 Å². The fourth-order valence-electron chi connectivity index (χ4n) is 6.28. The highest BCUT2D eigenvalue weighted by molar-refractivity contribution is 6.23. The second-order valence-electron chi connectivity index (χ2n) is 8.88. The van der Waals surface area contributed by atoms with Gasteiger partial charge >= 0.3 is 5.97 Å². The van der Waals surface area contributed by atoms with Gasteiger partial charge in [-0.1, -0.05) is 48.5 Å². The van der Waals surface area contributed by atoms with Gasteiger partial charge in [-0.25, -0.2) is 4.90 Å². The maximum atomic E-state index is 13.9. The molecule has 1 N–H and O–H groups in total. The first-order valence-electron chi connectivity index (χ1n) is 10.9. The van der Waals surface area contributed by atoms with Crippen LogP contribution in [0.2, 0.25) is 0 Å². The molecule has 6 nitrogen and oxygen atoms in total. The Morgan fingerprint density at radius 2 is 1.48 bits per heavy atom. The summed E-state index contributed by atoms with van der Waals surface area (Å²) in [7, 11) is 0. The molecular formula is C27H21NO5. The number of carbonyl (C=O) groups is 3. The van der Waals surface area contributed by atoms with E-state index in [1.807, 2.05) is 48.5 Å². The second kappa shape index (κ2) is 6.86. The van der Waals surface area contributed by atoms with Crippen LogP contribution in [0.25, 0.3) is 0 Å². The van der Waals surface area contributed by atoms with Gasteiger partial charge in [-0.3, -0.25) is 14.4 Å². The number of hydrogen-bond donors (Lipinski definition) is 1. The van der Waals surface area contributed by atoms with Crippen LogP contribution in [0.3, 0.4) is 0 Å². The zero-order valence-corrected chi connectivity index (χ0v) is 17.9. The van der Waals surface area contributed by atoms with Crippen molar-refractivity contribution < 1.29 is 24.2 Å². The molecule has 2 bridgehead atoms. The Morgan fingerprint density at radius 3 is 2.03 bits per heavy atom. The van der Waals surface area contributed by atoms with E-state index in [0.717, 1.165) is 22.3 Å². The Morgan fingerprint density at radius 1 is 0.909 bits per heavy atom. The molecule has 3 aliphatic carbocycles. The molecule has 1 heterocycles. The van der Waals surface area contributed by atoms with E-state index in [1.165, 1.54) is 11.8 Å². The minimum Gasteiger partial charge on any atom is -0.427 e. The molecule has 164 valence electrons. The molecule has 1 aliphatic heterocycles. The molecule has 1 saturated heterocycles. The summed E-state index contributed by atoms with van der Waals surface area (Å²) in [5, 5.41) is 10.9. The van der Waals surface area contributed by atoms with Crippen molar-refractivity contribution >= 4 is 23.5 Å². The van der Waals surface area contributed by atoms with Crippen molar-refractivity contribution in [2.45, 2.75) is 18.3 Å². The van der Waals surface area contributed by atoms with E-state index >= 15 is 0 Å². The van der Waals surface area contributed by atoms with Crippen LogP contribution < -0.4 is 9.64 Å². The Hall–Kier alpha value is -3.77. The number of rotatable bonds is 3. The highest BCUT2D eigenvalue weighted by Crippen LogP contribution is 2.64. The van der Waals surface area contributed by atoms with E-state index < -0.39 is 23.2 Å². The summed E-state index contributed by atoms with van der Waals surface area (Å²) in [6, 6.07) is 22.0. The molecular weight excluding hydrogens is 418 g/mol. The average molecular weight is 439 g/mol. The maximum Gasteiger partial charge on any atom is 0.308 e. The Balaban J connectivity index is 1.53. The van der Waals surface area contributed by atoms with Crippen LogP contribution >= 0.6 is 0 Å². The van der Waals surface area contributed by atoms with Crippen LogP contribution in [0.1, 0.15) is 35.1 Å². The number of aliphatic hydroxyl groups is 1. The molecule has 2 atom stereocenters. The van der Waals surface area contributed by atoms with Gasteiger partial charge in [0, 0.05) is 12.8 Å². The number of nitrogens with zero attached hydrogens (tertiary/aromatic N) is 1. The first-order chi connectivity index (χ1) is 16.0. The molecule has 4 aliphatic rings. The molecule has 0 spiro atoms. The van der Waals surface area contributed by atoms with Crippen molar-refractivity contribution in [2.75, 3.05) is 11.5 Å². The van der Waals surface area contributed by atoms with Gasteiger partial charge in [0.05, 0.1) is 29.5 Å². The first-order valence-corrected chi connectivity index (χ1v) is 10.9. The third-order valence-electron chi connectivity index (χ3n) is 7.40. The van der Waals surface area contributed by atoms with E-state index in [4.69, 9.17) is 4.74 Å². The van der Waals surface area contributed by atoms with Gasteiger partial charge in [-0.2, -0.15) is 0 Å². The first kappa shape index (κ1) is 19.9. The van der Waals surface area contributed by atoms with E-state index in [1.54, 1.807) is 24.3 Å². The summed E-state index contributed by atoms with van der Waals surface area (Å²) in [4.78, 5) is 40.2. The quantitative estimate of drug-likeness (QED) is 0.385. The summed E-state index contributed by atoms with van der Waals surface area (Å²) in [6.07, 6.45) is 0. The van der Waals surface area contributed by atoms with Crippen molar-refractivity contribution in [1.29, 1.82) is 0 Å². The lowest BCUT2D eigenvalue weighted by Crippen LogP contribution is -2.55. The monoisotopic (exact) mass is 439 g/mol. The minimum absolute atomic E-state index is 0.252. The number of esters is 1. The van der Waals surface area contributed by atoms with Gasteiger partial charge in [0.15, 0.2) is 0 Å². The highest BCUT2D eigenvalue weighted by atomic mass is 16.5. The van der Waals surface area contributed by atoms with Gasteiger partial charge in [0.2, 0.25) is 11.8 Å². The number of hydrogen-bond acceptors (Lipinski definition) is 5. The molecule has 0 unspecified atom stereocenters. The van der Waals surface area contributed by atoms with Crippen LogP contribution in [0, 0.1) is 11.8 Å². The normalized spacial score (nSPS) is 26.6. The molecule has 7 rings (SSSR count). The lowest BCUT2D eigenvalue weighted by atomic mass is 9.47. The predicted octanol–water partition coefficient (Wildman–Crippen LogP) is 3.16. The summed E-state index contributed by atoms with van der Waals surface area (Å²) in [6.45, 7) is 1.04. The fraction of sp³-hybridized carbons (Fsp3) is 0.222. The number of amides is 2. The summed E-state index contributed by atoms with van der Waals surface area (Å²) in [5.41, 5.74) is 3.29. The zero-order chi connectivity index (χ0) is 22.9. The molecule has 3 aromatic rings. The topological polar surface area (TPSA) is 83.9 Å². The van der Waals surface area contributed by atoms with Gasteiger partial charge in [-0.05, 0) is 46.5 Å². The number of aliphatic hydroxyl groups excluding tert-OH is 1. The Bertz CT molecular complexity index is 1280. The standard InChI is InChI=1S/C27H21NO5/c1-15(30)33-17-12-10-16(11-13-17)28-25(31)23-22-18-6-2-4-8-20(18)27(14-29,24(23)26(28)32)21-9-5-3-7-19(21)22/h2-13,22-24,29H,14H2,1H3/t22?,23-,24+,27?/m0/s1. The third kappa shape index (κ3) is 2.44. The van der Waals surface area contributed by atoms with Crippen molar-refractivity contribution in [3.8, 4) is 5.75 Å². The number of benzene rings is 3. The summed E-state index contributed by atoms with van der Waals surface area (Å²) in [5.74, 6) is -2.22. The van der Waals surface area contributed by atoms with Gasteiger partial charge in [-0.15, -0.1) is 0 Å². The number of imide groups is 1. The molecule has 6 heteroatoms. The van der Waals surface area contributed by atoms with Crippen molar-refractivity contribution in [1.82, 2.24) is 0 Å². The van der Waals surface area contributed by atoms with Gasteiger partial charge in [0.1, 0.15) is 5.75 Å². The highest BCUT2D eigenvalue weighted by Gasteiger charge is 2.68. The molecule has 0 aromatic heterocycles. The van der Waals surface area contributed by atoms with Crippen LogP contribution in [-0.2, 0) is 19.8 Å². The lowest BCUT2D eigenvalue weighted by Gasteiger charge is -2.53. The zero-order valence-electron chi connectivity index (χ0n) is 17.9.